The fourth-order valence-electron chi connectivity index (χ4n) is 3.76. The molecule has 0 fully saturated rings. The van der Waals surface area contributed by atoms with Crippen molar-refractivity contribution in [3.8, 4) is 17.7 Å². The van der Waals surface area contributed by atoms with Gasteiger partial charge in [-0.3, -0.25) is 5.10 Å². The van der Waals surface area contributed by atoms with Gasteiger partial charge in [-0.2, -0.15) is 5.26 Å². The van der Waals surface area contributed by atoms with E-state index in [1.165, 1.54) is 12.1 Å². The second-order valence-electron chi connectivity index (χ2n) is 7.27. The van der Waals surface area contributed by atoms with Crippen molar-refractivity contribution in [2.45, 2.75) is 32.3 Å². The van der Waals surface area contributed by atoms with Gasteiger partial charge in [0.1, 0.15) is 29.8 Å². The summed E-state index contributed by atoms with van der Waals surface area (Å²) >= 11 is 12.5. The zero-order valence-corrected chi connectivity index (χ0v) is 18.6. The number of nitrogens with two attached hydrogens (primary N) is 1. The molecule has 6 nitrogen and oxygen atoms in total. The van der Waals surface area contributed by atoms with E-state index >= 15 is 0 Å². The zero-order valence-electron chi connectivity index (χ0n) is 17.1. The molecule has 0 spiro atoms. The quantitative estimate of drug-likeness (QED) is 0.486. The summed E-state index contributed by atoms with van der Waals surface area (Å²) < 4.78 is 25.8. The van der Waals surface area contributed by atoms with Crippen LogP contribution in [0.15, 0.2) is 47.9 Å². The Kier molecular flexibility index (Phi) is 6.26. The van der Waals surface area contributed by atoms with Crippen molar-refractivity contribution in [1.82, 2.24) is 10.2 Å². The average Bonchev–Trinajstić information content (AvgIpc) is 3.15. The van der Waals surface area contributed by atoms with Crippen molar-refractivity contribution in [3.05, 3.63) is 86.1 Å². The molecule has 0 saturated carbocycles. The Hall–Kier alpha value is -3.21. The summed E-state index contributed by atoms with van der Waals surface area (Å²) in [4.78, 5) is 0. The molecular formula is C23H19Cl2FN4O2. The van der Waals surface area contributed by atoms with E-state index in [1.54, 1.807) is 24.3 Å². The Bertz CT molecular complexity index is 1230. The number of hydrogen-bond acceptors (Lipinski definition) is 5. The van der Waals surface area contributed by atoms with Crippen LogP contribution in [0.3, 0.4) is 0 Å². The topological polar surface area (TPSA) is 97.0 Å². The van der Waals surface area contributed by atoms with E-state index in [-0.39, 0.29) is 28.6 Å². The number of nitrogens with one attached hydrogen (secondary N) is 1. The summed E-state index contributed by atoms with van der Waals surface area (Å²) in [6.45, 7) is 1.93. The van der Waals surface area contributed by atoms with Gasteiger partial charge in [0.2, 0.25) is 11.8 Å². The van der Waals surface area contributed by atoms with Crippen LogP contribution in [0, 0.1) is 17.1 Å². The van der Waals surface area contributed by atoms with E-state index in [1.807, 2.05) is 6.92 Å². The lowest BCUT2D eigenvalue weighted by atomic mass is 9.83. The molecule has 1 unspecified atom stereocenters. The van der Waals surface area contributed by atoms with Gasteiger partial charge in [-0.1, -0.05) is 42.6 Å². The van der Waals surface area contributed by atoms with E-state index in [0.29, 0.717) is 34.2 Å². The summed E-state index contributed by atoms with van der Waals surface area (Å²) in [5.74, 6) is -0.409. The minimum atomic E-state index is -0.617. The lowest BCUT2D eigenvalue weighted by molar-refractivity contribution is 0.295. The van der Waals surface area contributed by atoms with Crippen molar-refractivity contribution in [2.75, 3.05) is 0 Å². The molecule has 32 heavy (non-hydrogen) atoms. The maximum absolute atomic E-state index is 14.3. The second kappa shape index (κ2) is 9.11. The molecular weight excluding hydrogens is 454 g/mol. The molecule has 1 atom stereocenters. The molecule has 9 heteroatoms. The van der Waals surface area contributed by atoms with Crippen LogP contribution in [-0.4, -0.2) is 10.2 Å². The lowest BCUT2D eigenvalue weighted by Crippen LogP contribution is -2.22. The lowest BCUT2D eigenvalue weighted by Gasteiger charge is -2.26. The highest BCUT2D eigenvalue weighted by Gasteiger charge is 2.36. The standard InChI is InChI=1S/C23H19Cl2FN4O2/c1-2-4-18-21-20(14(10-27)22(28)32-23(21)30-29-18)13-9-12(24)7-8-19(13)31-11-15-16(25)5-3-6-17(15)26/h3,5-9,20H,2,4,11,28H2,1H3,(H,29,30). The second-order valence-corrected chi connectivity index (χ2v) is 8.11. The smallest absolute Gasteiger partial charge is 0.244 e. The Morgan fingerprint density at radius 2 is 2.12 bits per heavy atom. The number of rotatable bonds is 6. The van der Waals surface area contributed by atoms with Crippen molar-refractivity contribution >= 4 is 23.2 Å². The van der Waals surface area contributed by atoms with Gasteiger partial charge < -0.3 is 15.2 Å². The molecule has 3 N–H and O–H groups in total. The number of aryl methyl sites for hydroxylation is 1. The Morgan fingerprint density at radius 1 is 1.31 bits per heavy atom. The first-order valence-corrected chi connectivity index (χ1v) is 10.7. The number of aromatic amines is 1. The molecule has 1 aliphatic heterocycles. The normalized spacial score (nSPS) is 15.2. The van der Waals surface area contributed by atoms with Gasteiger partial charge in [-0.15, -0.1) is 5.10 Å². The van der Waals surface area contributed by atoms with Crippen LogP contribution in [0.1, 0.15) is 41.6 Å². The molecule has 0 radical (unpaired) electrons. The number of allylic oxidation sites excluding steroid dienone is 1. The highest BCUT2D eigenvalue weighted by Crippen LogP contribution is 2.46. The predicted octanol–water partition coefficient (Wildman–Crippen LogP) is 5.61. The van der Waals surface area contributed by atoms with Gasteiger partial charge in [0.25, 0.3) is 0 Å². The minimum absolute atomic E-state index is 0.0392. The number of fused-ring (bicyclic) bond motifs is 1. The van der Waals surface area contributed by atoms with Crippen LogP contribution < -0.4 is 15.2 Å². The Labute approximate surface area is 194 Å². The van der Waals surface area contributed by atoms with Gasteiger partial charge in [0.15, 0.2) is 0 Å². The summed E-state index contributed by atoms with van der Waals surface area (Å²) in [6.07, 6.45) is 1.55. The van der Waals surface area contributed by atoms with Gasteiger partial charge in [-0.05, 0) is 36.8 Å². The Balaban J connectivity index is 1.82. The first-order chi connectivity index (χ1) is 15.4. The number of halogens is 3. The van der Waals surface area contributed by atoms with Gasteiger partial charge >= 0.3 is 0 Å². The average molecular weight is 473 g/mol. The monoisotopic (exact) mass is 472 g/mol. The number of nitriles is 1. The molecule has 0 bridgehead atoms. The predicted molar refractivity (Wildman–Crippen MR) is 119 cm³/mol. The highest BCUT2D eigenvalue weighted by atomic mass is 35.5. The van der Waals surface area contributed by atoms with E-state index < -0.39 is 11.7 Å². The molecule has 3 aromatic rings. The molecule has 4 rings (SSSR count). The fraction of sp³-hybridized carbons (Fsp3) is 0.217. The van der Waals surface area contributed by atoms with E-state index in [2.05, 4.69) is 16.3 Å². The van der Waals surface area contributed by atoms with Crippen molar-refractivity contribution in [3.63, 3.8) is 0 Å². The number of ether oxygens (including phenoxy) is 2. The van der Waals surface area contributed by atoms with Gasteiger partial charge in [-0.25, -0.2) is 4.39 Å². The zero-order chi connectivity index (χ0) is 22.8. The molecule has 1 aliphatic rings. The van der Waals surface area contributed by atoms with Crippen LogP contribution in [0.25, 0.3) is 0 Å². The fourth-order valence-corrected chi connectivity index (χ4v) is 4.15. The van der Waals surface area contributed by atoms with Gasteiger partial charge in [0, 0.05) is 21.8 Å². The number of hydrogen-bond donors (Lipinski definition) is 2. The number of benzene rings is 2. The molecule has 0 amide bonds. The largest absolute Gasteiger partial charge is 0.488 e. The maximum Gasteiger partial charge on any atom is 0.244 e. The SMILES string of the molecule is CCCc1[nH]nc2c1C(c1cc(Cl)ccc1OCc1c(F)cccc1Cl)C(C#N)=C(N)O2. The maximum atomic E-state index is 14.3. The third kappa shape index (κ3) is 3.99. The summed E-state index contributed by atoms with van der Waals surface area (Å²) in [7, 11) is 0. The molecule has 164 valence electrons. The third-order valence-electron chi connectivity index (χ3n) is 5.23. The molecule has 0 aliphatic carbocycles. The van der Waals surface area contributed by atoms with Crippen LogP contribution in [-0.2, 0) is 13.0 Å². The molecule has 1 aromatic heterocycles. The third-order valence-corrected chi connectivity index (χ3v) is 5.82. The summed E-state index contributed by atoms with van der Waals surface area (Å²) in [5.41, 5.74) is 8.62. The van der Waals surface area contributed by atoms with Crippen LogP contribution in [0.4, 0.5) is 4.39 Å². The van der Waals surface area contributed by atoms with Crippen molar-refractivity contribution < 1.29 is 13.9 Å². The number of aromatic nitrogens is 2. The first-order valence-electron chi connectivity index (χ1n) is 9.94. The van der Waals surface area contributed by atoms with E-state index in [9.17, 15) is 9.65 Å². The number of nitrogens with zero attached hydrogens (tertiary/aromatic N) is 2. The molecule has 0 saturated heterocycles. The van der Waals surface area contributed by atoms with Crippen molar-refractivity contribution in [2.24, 2.45) is 5.73 Å². The summed E-state index contributed by atoms with van der Waals surface area (Å²) in [5, 5.41) is 17.8. The van der Waals surface area contributed by atoms with E-state index in [0.717, 1.165) is 12.1 Å². The van der Waals surface area contributed by atoms with Crippen LogP contribution in [0.5, 0.6) is 11.6 Å². The Morgan fingerprint density at radius 3 is 2.84 bits per heavy atom. The molecule has 2 aromatic carbocycles. The first kappa shape index (κ1) is 22.0. The highest BCUT2D eigenvalue weighted by molar-refractivity contribution is 6.31. The molecule has 2 heterocycles. The summed E-state index contributed by atoms with van der Waals surface area (Å²) in [6, 6.07) is 11.6. The van der Waals surface area contributed by atoms with Crippen LogP contribution in [0.2, 0.25) is 10.0 Å². The van der Waals surface area contributed by atoms with Crippen molar-refractivity contribution in [1.29, 1.82) is 5.26 Å². The van der Waals surface area contributed by atoms with E-state index in [4.69, 9.17) is 38.4 Å². The number of H-pyrrole nitrogens is 1. The van der Waals surface area contributed by atoms with Crippen LogP contribution >= 0.6 is 23.2 Å². The minimum Gasteiger partial charge on any atom is -0.488 e. The van der Waals surface area contributed by atoms with Gasteiger partial charge in [0.05, 0.1) is 16.5 Å².